The quantitative estimate of drug-likeness (QED) is 0.849. The van der Waals surface area contributed by atoms with Crippen LogP contribution >= 0.6 is 11.6 Å². The molecule has 0 saturated heterocycles. The van der Waals surface area contributed by atoms with Gasteiger partial charge in [-0.3, -0.25) is 4.79 Å². The maximum atomic E-state index is 13.0. The maximum Gasteiger partial charge on any atom is 0.230 e. The van der Waals surface area contributed by atoms with Crippen LogP contribution in [0.1, 0.15) is 43.1 Å². The molecule has 2 aromatic rings. The van der Waals surface area contributed by atoms with E-state index in [1.807, 2.05) is 36.4 Å². The number of carbonyl (C=O) groups is 1. The smallest absolute Gasteiger partial charge is 0.230 e. The van der Waals surface area contributed by atoms with Crippen molar-refractivity contribution in [3.05, 3.63) is 59.0 Å². The van der Waals surface area contributed by atoms with Crippen LogP contribution in [0.15, 0.2) is 47.1 Å². The first-order chi connectivity index (χ1) is 11.7. The highest BCUT2D eigenvalue weighted by Gasteiger charge is 2.42. The second kappa shape index (κ2) is 7.41. The molecule has 0 bridgehead atoms. The molecule has 1 unspecified atom stereocenters. The van der Waals surface area contributed by atoms with Gasteiger partial charge in [-0.2, -0.15) is 0 Å². The summed E-state index contributed by atoms with van der Waals surface area (Å²) in [5, 5.41) is 3.75. The Bertz CT molecular complexity index is 660. The molecule has 128 valence electrons. The van der Waals surface area contributed by atoms with Crippen LogP contribution in [0.5, 0.6) is 0 Å². The van der Waals surface area contributed by atoms with Crippen LogP contribution in [0, 0.1) is 0 Å². The number of ether oxygens (including phenoxy) is 1. The summed E-state index contributed by atoms with van der Waals surface area (Å²) in [7, 11) is 1.61. The average Bonchev–Trinajstić information content (AvgIpc) is 3.28. The van der Waals surface area contributed by atoms with Gasteiger partial charge in [-0.25, -0.2) is 0 Å². The maximum absolute atomic E-state index is 13.0. The molecule has 1 aliphatic rings. The number of furan rings is 1. The van der Waals surface area contributed by atoms with E-state index in [0.717, 1.165) is 31.2 Å². The van der Waals surface area contributed by atoms with Crippen molar-refractivity contribution in [1.82, 2.24) is 5.32 Å². The number of methoxy groups -OCH3 is 1. The monoisotopic (exact) mass is 347 g/mol. The summed E-state index contributed by atoms with van der Waals surface area (Å²) in [4.78, 5) is 13.0. The molecule has 0 aliphatic heterocycles. The van der Waals surface area contributed by atoms with Gasteiger partial charge in [-0.15, -0.1) is 0 Å². The van der Waals surface area contributed by atoms with Gasteiger partial charge < -0.3 is 14.5 Å². The first-order valence-corrected chi connectivity index (χ1v) is 8.64. The van der Waals surface area contributed by atoms with E-state index in [0.29, 0.717) is 17.3 Å². The largest absolute Gasteiger partial charge is 0.467 e. The third-order valence-electron chi connectivity index (χ3n) is 4.88. The summed E-state index contributed by atoms with van der Waals surface area (Å²) >= 11 is 5.99. The minimum atomic E-state index is -0.466. The number of halogens is 1. The molecule has 1 aromatic heterocycles. The summed E-state index contributed by atoms with van der Waals surface area (Å²) in [6.07, 6.45) is 5.16. The van der Waals surface area contributed by atoms with Crippen LogP contribution in [-0.4, -0.2) is 19.6 Å². The number of benzene rings is 1. The fraction of sp³-hybridized carbons (Fsp3) is 0.421. The molecule has 24 heavy (non-hydrogen) atoms. The standard InChI is InChI=1S/C19H22ClNO3/c1-23-17(16-5-4-12-24-16)13-21-18(22)19(10-2-3-11-19)14-6-8-15(20)9-7-14/h4-9,12,17H,2-3,10-11,13H2,1H3,(H,21,22). The molecule has 1 N–H and O–H groups in total. The van der Waals surface area contributed by atoms with Crippen molar-refractivity contribution in [2.75, 3.05) is 13.7 Å². The Morgan fingerprint density at radius 3 is 2.58 bits per heavy atom. The van der Waals surface area contributed by atoms with E-state index >= 15 is 0 Å². The SMILES string of the molecule is COC(CNC(=O)C1(c2ccc(Cl)cc2)CCCC1)c1ccco1. The van der Waals surface area contributed by atoms with Crippen molar-refractivity contribution < 1.29 is 13.9 Å². The van der Waals surface area contributed by atoms with Crippen LogP contribution < -0.4 is 5.32 Å². The van der Waals surface area contributed by atoms with Crippen molar-refractivity contribution in [1.29, 1.82) is 0 Å². The molecular formula is C19H22ClNO3. The van der Waals surface area contributed by atoms with Crippen LogP contribution in [0.2, 0.25) is 5.02 Å². The van der Waals surface area contributed by atoms with Gasteiger partial charge in [0.25, 0.3) is 0 Å². The first-order valence-electron chi connectivity index (χ1n) is 8.26. The van der Waals surface area contributed by atoms with Gasteiger partial charge in [-0.05, 0) is 42.7 Å². The van der Waals surface area contributed by atoms with Gasteiger partial charge in [0.15, 0.2) is 0 Å². The van der Waals surface area contributed by atoms with Crippen molar-refractivity contribution >= 4 is 17.5 Å². The zero-order chi connectivity index (χ0) is 17.0. The lowest BCUT2D eigenvalue weighted by Gasteiger charge is -2.29. The molecule has 1 atom stereocenters. The molecule has 0 radical (unpaired) electrons. The van der Waals surface area contributed by atoms with Crippen LogP contribution in [0.4, 0.5) is 0 Å². The first kappa shape index (κ1) is 17.1. The van der Waals surface area contributed by atoms with Gasteiger partial charge in [-0.1, -0.05) is 36.6 Å². The van der Waals surface area contributed by atoms with Crippen molar-refractivity contribution in [2.45, 2.75) is 37.2 Å². The molecule has 0 spiro atoms. The normalized spacial score (nSPS) is 17.6. The van der Waals surface area contributed by atoms with E-state index in [1.54, 1.807) is 13.4 Å². The average molecular weight is 348 g/mol. The molecule has 1 fully saturated rings. The van der Waals surface area contributed by atoms with E-state index in [4.69, 9.17) is 20.8 Å². The van der Waals surface area contributed by atoms with Gasteiger partial charge in [0.2, 0.25) is 5.91 Å². The van der Waals surface area contributed by atoms with Gasteiger partial charge >= 0.3 is 0 Å². The fourth-order valence-electron chi connectivity index (χ4n) is 3.52. The Hall–Kier alpha value is -1.78. The second-order valence-corrected chi connectivity index (χ2v) is 6.68. The topological polar surface area (TPSA) is 51.5 Å². The van der Waals surface area contributed by atoms with Gasteiger partial charge in [0, 0.05) is 12.1 Å². The molecule has 1 saturated carbocycles. The summed E-state index contributed by atoms with van der Waals surface area (Å²) in [5.74, 6) is 0.765. The highest BCUT2D eigenvalue weighted by Crippen LogP contribution is 2.41. The van der Waals surface area contributed by atoms with Gasteiger partial charge in [0.1, 0.15) is 11.9 Å². The van der Waals surface area contributed by atoms with Crippen molar-refractivity contribution in [3.63, 3.8) is 0 Å². The summed E-state index contributed by atoms with van der Waals surface area (Å²) in [6, 6.07) is 11.3. The minimum absolute atomic E-state index is 0.0518. The number of rotatable bonds is 6. The number of carbonyl (C=O) groups excluding carboxylic acids is 1. The third kappa shape index (κ3) is 3.35. The van der Waals surface area contributed by atoms with Crippen LogP contribution in [-0.2, 0) is 14.9 Å². The highest BCUT2D eigenvalue weighted by atomic mass is 35.5. The molecule has 1 aliphatic carbocycles. The van der Waals surface area contributed by atoms with E-state index < -0.39 is 5.41 Å². The zero-order valence-corrected chi connectivity index (χ0v) is 14.5. The van der Waals surface area contributed by atoms with E-state index in [9.17, 15) is 4.79 Å². The number of hydrogen-bond acceptors (Lipinski definition) is 3. The van der Waals surface area contributed by atoms with E-state index in [1.165, 1.54) is 0 Å². The number of hydrogen-bond donors (Lipinski definition) is 1. The van der Waals surface area contributed by atoms with Crippen molar-refractivity contribution in [3.8, 4) is 0 Å². The lowest BCUT2D eigenvalue weighted by molar-refractivity contribution is -0.127. The number of nitrogens with one attached hydrogen (secondary N) is 1. The van der Waals surface area contributed by atoms with E-state index in [2.05, 4.69) is 5.32 Å². The zero-order valence-electron chi connectivity index (χ0n) is 13.8. The molecule has 1 amide bonds. The number of amides is 1. The van der Waals surface area contributed by atoms with Crippen molar-refractivity contribution in [2.24, 2.45) is 0 Å². The predicted octanol–water partition coefficient (Wildman–Crippen LogP) is 4.25. The Balaban J connectivity index is 1.74. The molecular weight excluding hydrogens is 326 g/mol. The summed E-state index contributed by atoms with van der Waals surface area (Å²) in [5.41, 5.74) is 0.570. The van der Waals surface area contributed by atoms with Crippen LogP contribution in [0.25, 0.3) is 0 Å². The Morgan fingerprint density at radius 2 is 2.00 bits per heavy atom. The molecule has 5 heteroatoms. The molecule has 4 nitrogen and oxygen atoms in total. The minimum Gasteiger partial charge on any atom is -0.467 e. The lowest BCUT2D eigenvalue weighted by atomic mass is 9.78. The summed E-state index contributed by atoms with van der Waals surface area (Å²) in [6.45, 7) is 0.387. The Labute approximate surface area is 147 Å². The lowest BCUT2D eigenvalue weighted by Crippen LogP contribution is -2.44. The third-order valence-corrected chi connectivity index (χ3v) is 5.13. The predicted molar refractivity (Wildman–Crippen MR) is 93.1 cm³/mol. The van der Waals surface area contributed by atoms with Gasteiger partial charge in [0.05, 0.1) is 18.2 Å². The van der Waals surface area contributed by atoms with E-state index in [-0.39, 0.29) is 12.0 Å². The van der Waals surface area contributed by atoms with Crippen LogP contribution in [0.3, 0.4) is 0 Å². The second-order valence-electron chi connectivity index (χ2n) is 6.25. The molecule has 1 aromatic carbocycles. The fourth-order valence-corrected chi connectivity index (χ4v) is 3.65. The molecule has 3 rings (SSSR count). The Morgan fingerprint density at radius 1 is 1.29 bits per heavy atom. The Kier molecular flexibility index (Phi) is 5.27. The summed E-state index contributed by atoms with van der Waals surface area (Å²) < 4.78 is 10.8. The highest BCUT2D eigenvalue weighted by molar-refractivity contribution is 6.30. The molecule has 1 heterocycles.